The van der Waals surface area contributed by atoms with Gasteiger partial charge >= 0.3 is 17.8 Å². The Balaban J connectivity index is 1.49. The molecule has 0 bridgehead atoms. The van der Waals surface area contributed by atoms with Crippen LogP contribution in [0, 0.1) is 11.3 Å². The Hall–Kier alpha value is -4.77. The van der Waals surface area contributed by atoms with Gasteiger partial charge in [-0.05, 0) is 66.2 Å². The van der Waals surface area contributed by atoms with Crippen LogP contribution < -0.4 is 15.5 Å². The summed E-state index contributed by atoms with van der Waals surface area (Å²) in [6, 6.07) is 23.1. The quantitative estimate of drug-likeness (QED) is 0.219. The van der Waals surface area contributed by atoms with E-state index in [2.05, 4.69) is 15.8 Å². The molecule has 0 saturated heterocycles. The van der Waals surface area contributed by atoms with E-state index in [4.69, 9.17) is 10.00 Å². The van der Waals surface area contributed by atoms with Crippen molar-refractivity contribution in [3.63, 3.8) is 0 Å². The first-order valence-corrected chi connectivity index (χ1v) is 9.07. The number of hydrogen-bond donors (Lipinski definition) is 2. The molecule has 8 nitrogen and oxygen atoms in total. The van der Waals surface area contributed by atoms with Crippen LogP contribution in [0.25, 0.3) is 0 Å². The molecule has 0 heterocycles. The molecule has 0 radical (unpaired) electrons. The first-order valence-electron chi connectivity index (χ1n) is 9.07. The van der Waals surface area contributed by atoms with Gasteiger partial charge in [-0.3, -0.25) is 9.59 Å². The normalized spacial score (nSPS) is 10.2. The topological polar surface area (TPSA) is 121 Å². The maximum Gasteiger partial charge on any atom is 0.343 e. The van der Waals surface area contributed by atoms with Crippen LogP contribution in [-0.2, 0) is 9.59 Å². The lowest BCUT2D eigenvalue weighted by Gasteiger charge is -2.05. The summed E-state index contributed by atoms with van der Waals surface area (Å²) in [6.07, 6.45) is 1.34. The van der Waals surface area contributed by atoms with Gasteiger partial charge in [-0.25, -0.2) is 10.2 Å². The molecule has 0 aromatic heterocycles. The number of carbonyl (C=O) groups excluding carboxylic acids is 3. The predicted molar refractivity (Wildman–Crippen MR) is 113 cm³/mol. The molecule has 8 heteroatoms. The van der Waals surface area contributed by atoms with Gasteiger partial charge in [0.15, 0.2) is 0 Å². The molecule has 0 atom stereocenters. The van der Waals surface area contributed by atoms with Crippen LogP contribution in [0.15, 0.2) is 84.0 Å². The summed E-state index contributed by atoms with van der Waals surface area (Å²) < 4.78 is 5.28. The Morgan fingerprint density at radius 2 is 1.55 bits per heavy atom. The maximum absolute atomic E-state index is 12.0. The molecule has 0 fully saturated rings. The molecular formula is C23H16N4O4. The summed E-state index contributed by atoms with van der Waals surface area (Å²) in [5.74, 6) is -1.96. The summed E-state index contributed by atoms with van der Waals surface area (Å²) in [4.78, 5) is 35.7. The third-order valence-electron chi connectivity index (χ3n) is 3.96. The molecule has 0 aliphatic heterocycles. The third kappa shape index (κ3) is 6.10. The molecule has 3 aromatic carbocycles. The molecular weight excluding hydrogens is 396 g/mol. The van der Waals surface area contributed by atoms with Gasteiger partial charge in [0.2, 0.25) is 0 Å². The molecule has 31 heavy (non-hydrogen) atoms. The molecule has 2 N–H and O–H groups in total. The Bertz CT molecular complexity index is 1150. The fourth-order valence-electron chi connectivity index (χ4n) is 2.39. The number of esters is 1. The lowest BCUT2D eigenvalue weighted by molar-refractivity contribution is -0.136. The largest absolute Gasteiger partial charge is 0.423 e. The number of nitrogens with one attached hydrogen (secondary N) is 2. The maximum atomic E-state index is 12.0. The van der Waals surface area contributed by atoms with Crippen molar-refractivity contribution >= 4 is 29.7 Å². The standard InChI is InChI=1S/C23H16N4O4/c24-14-16-6-10-19(11-7-16)26-21(28)22(29)27-25-15-17-8-12-20(13-9-17)31-23(30)18-4-2-1-3-5-18/h1-13,15H,(H,26,28)(H,27,29). The fourth-order valence-corrected chi connectivity index (χ4v) is 2.39. The van der Waals surface area contributed by atoms with Gasteiger partial charge in [0, 0.05) is 5.69 Å². The van der Waals surface area contributed by atoms with E-state index >= 15 is 0 Å². The number of nitrogens with zero attached hydrogens (tertiary/aromatic N) is 2. The minimum atomic E-state index is -0.950. The van der Waals surface area contributed by atoms with Crippen LogP contribution in [0.4, 0.5) is 5.69 Å². The van der Waals surface area contributed by atoms with Gasteiger partial charge in [0.05, 0.1) is 23.4 Å². The number of hydrazone groups is 1. The molecule has 0 aliphatic rings. The summed E-state index contributed by atoms with van der Waals surface area (Å²) in [7, 11) is 0. The lowest BCUT2D eigenvalue weighted by atomic mass is 10.2. The predicted octanol–water partition coefficient (Wildman–Crippen LogP) is 2.87. The highest BCUT2D eigenvalue weighted by Crippen LogP contribution is 2.13. The second kappa shape index (κ2) is 10.1. The molecule has 0 aliphatic carbocycles. The number of rotatable bonds is 5. The Morgan fingerprint density at radius 3 is 2.19 bits per heavy atom. The second-order valence-electron chi connectivity index (χ2n) is 6.17. The molecule has 0 unspecified atom stereocenters. The van der Waals surface area contributed by atoms with Crippen molar-refractivity contribution in [3.8, 4) is 11.8 Å². The molecule has 3 aromatic rings. The molecule has 3 rings (SSSR count). The van der Waals surface area contributed by atoms with Crippen LogP contribution in [0.1, 0.15) is 21.5 Å². The number of anilines is 1. The van der Waals surface area contributed by atoms with E-state index < -0.39 is 17.8 Å². The van der Waals surface area contributed by atoms with E-state index in [-0.39, 0.29) is 0 Å². The average Bonchev–Trinajstić information content (AvgIpc) is 2.81. The van der Waals surface area contributed by atoms with Crippen molar-refractivity contribution in [1.29, 1.82) is 5.26 Å². The lowest BCUT2D eigenvalue weighted by Crippen LogP contribution is -2.32. The van der Waals surface area contributed by atoms with Crippen LogP contribution >= 0.6 is 0 Å². The molecule has 0 saturated carbocycles. The molecule has 152 valence electrons. The van der Waals surface area contributed by atoms with E-state index in [1.54, 1.807) is 54.6 Å². The fraction of sp³-hybridized carbons (Fsp3) is 0. The van der Waals surface area contributed by atoms with Gasteiger partial charge < -0.3 is 10.1 Å². The zero-order valence-electron chi connectivity index (χ0n) is 16.1. The molecule has 0 spiro atoms. The smallest absolute Gasteiger partial charge is 0.343 e. The monoisotopic (exact) mass is 412 g/mol. The van der Waals surface area contributed by atoms with Crippen molar-refractivity contribution in [3.05, 3.63) is 95.6 Å². The van der Waals surface area contributed by atoms with Crippen molar-refractivity contribution in [2.24, 2.45) is 5.10 Å². The SMILES string of the molecule is N#Cc1ccc(NC(=O)C(=O)NN=Cc2ccc(OC(=O)c3ccccc3)cc2)cc1. The highest BCUT2D eigenvalue weighted by atomic mass is 16.5. The number of hydrogen-bond acceptors (Lipinski definition) is 6. The van der Waals surface area contributed by atoms with Crippen molar-refractivity contribution in [1.82, 2.24) is 5.43 Å². The summed E-state index contributed by atoms with van der Waals surface area (Å²) >= 11 is 0. The first-order chi connectivity index (χ1) is 15.0. The number of ether oxygens (including phenoxy) is 1. The van der Waals surface area contributed by atoms with Gasteiger partial charge in [-0.2, -0.15) is 10.4 Å². The highest BCUT2D eigenvalue weighted by molar-refractivity contribution is 6.39. The number of benzene rings is 3. The van der Waals surface area contributed by atoms with Crippen molar-refractivity contribution in [2.45, 2.75) is 0 Å². The van der Waals surface area contributed by atoms with E-state index in [9.17, 15) is 14.4 Å². The number of carbonyl (C=O) groups is 3. The Morgan fingerprint density at radius 1 is 0.871 bits per heavy atom. The zero-order chi connectivity index (χ0) is 22.1. The van der Waals surface area contributed by atoms with Gasteiger partial charge in [0.1, 0.15) is 5.75 Å². The second-order valence-corrected chi connectivity index (χ2v) is 6.17. The number of amides is 2. The zero-order valence-corrected chi connectivity index (χ0v) is 16.1. The van der Waals surface area contributed by atoms with Crippen LogP contribution in [0.2, 0.25) is 0 Å². The van der Waals surface area contributed by atoms with E-state index in [0.29, 0.717) is 28.1 Å². The van der Waals surface area contributed by atoms with Crippen molar-refractivity contribution in [2.75, 3.05) is 5.32 Å². The van der Waals surface area contributed by atoms with Crippen LogP contribution in [0.3, 0.4) is 0 Å². The minimum Gasteiger partial charge on any atom is -0.423 e. The first kappa shape index (κ1) is 21.0. The summed E-state index contributed by atoms with van der Waals surface area (Å²) in [5.41, 5.74) is 4.00. The van der Waals surface area contributed by atoms with E-state index in [1.165, 1.54) is 30.5 Å². The number of nitriles is 1. The highest BCUT2D eigenvalue weighted by Gasteiger charge is 2.12. The van der Waals surface area contributed by atoms with Gasteiger partial charge in [-0.1, -0.05) is 18.2 Å². The van der Waals surface area contributed by atoms with E-state index in [1.807, 2.05) is 6.07 Å². The van der Waals surface area contributed by atoms with E-state index in [0.717, 1.165) is 0 Å². The third-order valence-corrected chi connectivity index (χ3v) is 3.96. The Kier molecular flexibility index (Phi) is 6.85. The average molecular weight is 412 g/mol. The Labute approximate surface area is 177 Å². The van der Waals surface area contributed by atoms with Gasteiger partial charge in [-0.15, -0.1) is 0 Å². The summed E-state index contributed by atoms with van der Waals surface area (Å²) in [5, 5.41) is 14.9. The minimum absolute atomic E-state index is 0.358. The molecule has 2 amide bonds. The van der Waals surface area contributed by atoms with Gasteiger partial charge in [0.25, 0.3) is 0 Å². The van der Waals surface area contributed by atoms with Crippen LogP contribution in [-0.4, -0.2) is 24.0 Å². The summed E-state index contributed by atoms with van der Waals surface area (Å²) in [6.45, 7) is 0. The van der Waals surface area contributed by atoms with Crippen molar-refractivity contribution < 1.29 is 19.1 Å². The van der Waals surface area contributed by atoms with Crippen LogP contribution in [0.5, 0.6) is 5.75 Å².